The summed E-state index contributed by atoms with van der Waals surface area (Å²) in [7, 11) is 1.65. The summed E-state index contributed by atoms with van der Waals surface area (Å²) in [4.78, 5) is 42.7. The molecule has 8 rings (SSSR count). The van der Waals surface area contributed by atoms with Gasteiger partial charge >= 0.3 is 6.09 Å². The number of carbonyl (C=O) groups excluding carboxylic acids is 2. The lowest BCUT2D eigenvalue weighted by Gasteiger charge is -2.58. The van der Waals surface area contributed by atoms with Crippen molar-refractivity contribution in [3.8, 4) is 16.9 Å². The maximum Gasteiger partial charge on any atom is 0.431 e. The summed E-state index contributed by atoms with van der Waals surface area (Å²) in [5.41, 5.74) is 9.00. The van der Waals surface area contributed by atoms with Crippen LogP contribution in [0.1, 0.15) is 32.1 Å². The number of nitrogens with one attached hydrogen (secondary N) is 1. The van der Waals surface area contributed by atoms with E-state index >= 15 is 0 Å². The number of hydroxylamine groups is 1. The minimum Gasteiger partial charge on any atom is -0.497 e. The Morgan fingerprint density at radius 1 is 0.927 bits per heavy atom. The van der Waals surface area contributed by atoms with E-state index in [0.717, 1.165) is 60.4 Å². The van der Waals surface area contributed by atoms with E-state index in [-0.39, 0.29) is 29.2 Å². The van der Waals surface area contributed by atoms with Crippen molar-refractivity contribution in [2.45, 2.75) is 38.1 Å². The van der Waals surface area contributed by atoms with E-state index in [1.807, 2.05) is 65.8 Å². The number of methoxy groups -OCH3 is 1. The Bertz CT molecular complexity index is 1450. The third-order valence-corrected chi connectivity index (χ3v) is 9.54. The van der Waals surface area contributed by atoms with E-state index in [2.05, 4.69) is 15.3 Å². The minimum absolute atomic E-state index is 0.0145. The molecule has 1 aromatic heterocycles. The van der Waals surface area contributed by atoms with Crippen LogP contribution in [0.25, 0.3) is 11.1 Å². The number of amides is 2. The Kier molecular flexibility index (Phi) is 6.21. The van der Waals surface area contributed by atoms with E-state index < -0.39 is 6.09 Å². The number of ether oxygens (including phenoxy) is 1. The fourth-order valence-corrected chi connectivity index (χ4v) is 7.86. The van der Waals surface area contributed by atoms with Gasteiger partial charge in [0.05, 0.1) is 25.0 Å². The number of rotatable bonds is 6. The SMILES string of the molecule is COc1ccc(-c2cnc(N3CCN(OC(=O)NC4[C@@H]5CC6C[C@H]4CC(C(N)=O)(C6)C5)c4ccccc43)nc2)cc1. The molecule has 10 nitrogen and oxygen atoms in total. The molecule has 3 N–H and O–H groups in total. The first-order valence-electron chi connectivity index (χ1n) is 14.3. The molecule has 3 aromatic rings. The molecular weight excluding hydrogens is 520 g/mol. The Hall–Kier alpha value is -4.34. The second-order valence-corrected chi connectivity index (χ2v) is 11.9. The molecule has 3 unspecified atom stereocenters. The van der Waals surface area contributed by atoms with Crippen molar-refractivity contribution in [3.63, 3.8) is 0 Å². The van der Waals surface area contributed by atoms with Crippen LogP contribution >= 0.6 is 0 Å². The molecule has 2 aromatic carbocycles. The van der Waals surface area contributed by atoms with Gasteiger partial charge in [-0.15, -0.1) is 0 Å². The number of fused-ring (bicyclic) bond motifs is 1. The summed E-state index contributed by atoms with van der Waals surface area (Å²) in [6, 6.07) is 15.6. The van der Waals surface area contributed by atoms with Crippen molar-refractivity contribution in [1.82, 2.24) is 15.3 Å². The molecule has 1 aliphatic heterocycles. The Labute approximate surface area is 238 Å². The molecule has 0 spiro atoms. The van der Waals surface area contributed by atoms with E-state index in [9.17, 15) is 9.59 Å². The standard InChI is InChI=1S/C31H34N6O4/c1-40-24-8-6-20(7-9-24)23-17-33-29(34-18-23)36-10-11-37(26-5-3-2-4-25(26)36)41-30(39)35-27-21-12-19-13-22(27)16-31(14-19,15-21)28(32)38/h2-9,17-19,21-22,27H,10-16H2,1H3,(H2,32,38)(H,35,39)/t19?,21-,22+,27?,31?. The van der Waals surface area contributed by atoms with E-state index in [4.69, 9.17) is 15.3 Å². The van der Waals surface area contributed by atoms with Crippen molar-refractivity contribution < 1.29 is 19.2 Å². The monoisotopic (exact) mass is 554 g/mol. The second kappa shape index (κ2) is 9.94. The van der Waals surface area contributed by atoms with Crippen molar-refractivity contribution >= 4 is 29.3 Å². The molecule has 2 amide bonds. The number of benzene rings is 2. The van der Waals surface area contributed by atoms with Crippen LogP contribution in [0.5, 0.6) is 5.75 Å². The van der Waals surface area contributed by atoms with Gasteiger partial charge in [-0.2, -0.15) is 0 Å². The molecule has 4 bridgehead atoms. The highest BCUT2D eigenvalue weighted by Crippen LogP contribution is 2.60. The number of anilines is 3. The number of hydrogen-bond donors (Lipinski definition) is 2. The summed E-state index contributed by atoms with van der Waals surface area (Å²) < 4.78 is 5.25. The smallest absolute Gasteiger partial charge is 0.431 e. The first kappa shape index (κ1) is 25.6. The molecule has 0 radical (unpaired) electrons. The third-order valence-electron chi connectivity index (χ3n) is 9.54. The molecule has 5 aliphatic rings. The summed E-state index contributed by atoms with van der Waals surface area (Å²) in [5.74, 6) is 2.27. The lowest BCUT2D eigenvalue weighted by molar-refractivity contribution is -0.145. The highest BCUT2D eigenvalue weighted by atomic mass is 16.7. The van der Waals surface area contributed by atoms with Gasteiger partial charge in [0.1, 0.15) is 5.75 Å². The first-order valence-corrected chi connectivity index (χ1v) is 14.3. The van der Waals surface area contributed by atoms with Gasteiger partial charge in [0, 0.05) is 36.0 Å². The lowest BCUT2D eigenvalue weighted by atomic mass is 9.47. The van der Waals surface area contributed by atoms with Crippen molar-refractivity contribution in [3.05, 3.63) is 60.9 Å². The lowest BCUT2D eigenvalue weighted by Crippen LogP contribution is -2.62. The number of aromatic nitrogens is 2. The van der Waals surface area contributed by atoms with Crippen LogP contribution in [-0.4, -0.2) is 48.2 Å². The molecule has 5 atom stereocenters. The zero-order chi connectivity index (χ0) is 28.1. The van der Waals surface area contributed by atoms with Crippen LogP contribution in [0.2, 0.25) is 0 Å². The van der Waals surface area contributed by atoms with Gasteiger partial charge in [-0.1, -0.05) is 24.3 Å². The fourth-order valence-electron chi connectivity index (χ4n) is 7.86. The molecular formula is C31H34N6O4. The number of nitrogens with two attached hydrogens (primary N) is 1. The highest BCUT2D eigenvalue weighted by Gasteiger charge is 2.58. The second-order valence-electron chi connectivity index (χ2n) is 11.9. The van der Waals surface area contributed by atoms with Crippen molar-refractivity contribution in [2.75, 3.05) is 30.2 Å². The number of carbonyl (C=O) groups is 2. The van der Waals surface area contributed by atoms with Gasteiger partial charge in [0.25, 0.3) is 0 Å². The number of primary amides is 1. The predicted octanol–water partition coefficient (Wildman–Crippen LogP) is 4.43. The van der Waals surface area contributed by atoms with Crippen LogP contribution < -0.4 is 25.8 Å². The molecule has 4 saturated carbocycles. The zero-order valence-electron chi connectivity index (χ0n) is 23.0. The number of hydrogen-bond acceptors (Lipinski definition) is 8. The molecule has 0 saturated heterocycles. The summed E-state index contributed by atoms with van der Waals surface area (Å²) >= 11 is 0. The maximum atomic E-state index is 13.2. The Morgan fingerprint density at radius 3 is 2.27 bits per heavy atom. The maximum absolute atomic E-state index is 13.2. The van der Waals surface area contributed by atoms with Gasteiger partial charge in [-0.25, -0.2) is 19.8 Å². The van der Waals surface area contributed by atoms with E-state index in [1.54, 1.807) is 12.2 Å². The van der Waals surface area contributed by atoms with Gasteiger partial charge in [-0.05, 0) is 79.7 Å². The Morgan fingerprint density at radius 2 is 1.61 bits per heavy atom. The topological polar surface area (TPSA) is 123 Å². The normalized spacial score (nSPS) is 27.7. The largest absolute Gasteiger partial charge is 0.497 e. The number of nitrogens with zero attached hydrogens (tertiary/aromatic N) is 4. The molecule has 212 valence electrons. The molecule has 2 heterocycles. The molecule has 41 heavy (non-hydrogen) atoms. The van der Waals surface area contributed by atoms with Gasteiger partial charge in [0.15, 0.2) is 0 Å². The van der Waals surface area contributed by atoms with Crippen LogP contribution in [-0.2, 0) is 9.63 Å². The van der Waals surface area contributed by atoms with Crippen LogP contribution in [0.3, 0.4) is 0 Å². The zero-order valence-corrected chi connectivity index (χ0v) is 23.0. The van der Waals surface area contributed by atoms with Crippen LogP contribution in [0.4, 0.5) is 22.1 Å². The molecule has 4 fully saturated rings. The first-order chi connectivity index (χ1) is 19.9. The minimum atomic E-state index is -0.459. The quantitative estimate of drug-likeness (QED) is 0.459. The summed E-state index contributed by atoms with van der Waals surface area (Å²) in [6.07, 6.45) is 7.68. The van der Waals surface area contributed by atoms with Crippen molar-refractivity contribution in [2.24, 2.45) is 28.9 Å². The average molecular weight is 555 g/mol. The van der Waals surface area contributed by atoms with Gasteiger partial charge in [-0.3, -0.25) is 4.79 Å². The molecule has 4 aliphatic carbocycles. The highest BCUT2D eigenvalue weighted by molar-refractivity contribution is 5.82. The summed E-state index contributed by atoms with van der Waals surface area (Å²) in [5, 5.41) is 4.81. The van der Waals surface area contributed by atoms with Gasteiger partial charge in [0.2, 0.25) is 11.9 Å². The van der Waals surface area contributed by atoms with Gasteiger partial charge < -0.3 is 25.5 Å². The predicted molar refractivity (Wildman–Crippen MR) is 153 cm³/mol. The third kappa shape index (κ3) is 4.51. The summed E-state index contributed by atoms with van der Waals surface area (Å²) in [6.45, 7) is 1.00. The van der Waals surface area contributed by atoms with E-state index in [1.165, 1.54) is 0 Å². The van der Waals surface area contributed by atoms with Crippen LogP contribution in [0, 0.1) is 23.2 Å². The molecule has 10 heteroatoms. The fraction of sp³-hybridized carbons (Fsp3) is 0.419. The van der Waals surface area contributed by atoms with Crippen LogP contribution in [0.15, 0.2) is 60.9 Å². The average Bonchev–Trinajstić information content (AvgIpc) is 2.99. The van der Waals surface area contributed by atoms with E-state index in [0.29, 0.717) is 25.0 Å². The number of para-hydroxylation sites is 2. The van der Waals surface area contributed by atoms with Crippen molar-refractivity contribution in [1.29, 1.82) is 0 Å². The Balaban J connectivity index is 1.04.